The molecule has 1 aromatic carbocycles. The molecule has 0 heterocycles. The Morgan fingerprint density at radius 2 is 1.73 bits per heavy atom. The second-order valence-electron chi connectivity index (χ2n) is 3.21. The number of ether oxygens (including phenoxy) is 1. The Hall–Kier alpha value is -2.04. The molecule has 3 N–H and O–H groups in total. The second kappa shape index (κ2) is 4.45. The van der Waals surface area contributed by atoms with Gasteiger partial charge in [0.15, 0.2) is 0 Å². The van der Waals surface area contributed by atoms with E-state index in [-0.39, 0.29) is 0 Å². The van der Waals surface area contributed by atoms with Crippen molar-refractivity contribution < 1.29 is 14.3 Å². The lowest BCUT2D eigenvalue weighted by Gasteiger charge is -2.05. The van der Waals surface area contributed by atoms with Gasteiger partial charge in [0, 0.05) is 5.69 Å². The van der Waals surface area contributed by atoms with E-state index in [1.807, 2.05) is 19.9 Å². The van der Waals surface area contributed by atoms with Gasteiger partial charge in [0.05, 0.1) is 0 Å². The molecular formula is C10H12N2O3. The van der Waals surface area contributed by atoms with Crippen LogP contribution in [0.4, 0.5) is 15.3 Å². The van der Waals surface area contributed by atoms with E-state index < -0.39 is 12.2 Å². The number of hydrogen-bond acceptors (Lipinski definition) is 3. The van der Waals surface area contributed by atoms with Crippen LogP contribution in [0, 0.1) is 13.8 Å². The van der Waals surface area contributed by atoms with Crippen molar-refractivity contribution in [2.75, 3.05) is 5.32 Å². The Morgan fingerprint density at radius 1 is 1.20 bits per heavy atom. The molecule has 80 valence electrons. The van der Waals surface area contributed by atoms with E-state index in [1.165, 1.54) is 0 Å². The number of amides is 2. The zero-order valence-electron chi connectivity index (χ0n) is 8.53. The highest BCUT2D eigenvalue weighted by molar-refractivity contribution is 5.92. The SMILES string of the molecule is Cc1cc(C)cc(NC(=O)OC(N)=O)c1. The summed E-state index contributed by atoms with van der Waals surface area (Å²) >= 11 is 0. The van der Waals surface area contributed by atoms with Gasteiger partial charge in [0.25, 0.3) is 0 Å². The van der Waals surface area contributed by atoms with Gasteiger partial charge in [0.2, 0.25) is 0 Å². The number of rotatable bonds is 1. The van der Waals surface area contributed by atoms with E-state index in [9.17, 15) is 9.59 Å². The molecule has 0 unspecified atom stereocenters. The van der Waals surface area contributed by atoms with Gasteiger partial charge < -0.3 is 10.5 Å². The van der Waals surface area contributed by atoms with Crippen LogP contribution >= 0.6 is 0 Å². The molecule has 1 aromatic rings. The fraction of sp³-hybridized carbons (Fsp3) is 0.200. The van der Waals surface area contributed by atoms with Crippen LogP contribution < -0.4 is 11.1 Å². The lowest BCUT2D eigenvalue weighted by Crippen LogP contribution is -2.22. The lowest BCUT2D eigenvalue weighted by atomic mass is 10.1. The van der Waals surface area contributed by atoms with E-state index in [0.717, 1.165) is 11.1 Å². The molecule has 0 radical (unpaired) electrons. The summed E-state index contributed by atoms with van der Waals surface area (Å²) in [6, 6.07) is 5.48. The molecule has 5 heteroatoms. The summed E-state index contributed by atoms with van der Waals surface area (Å²) in [5, 5.41) is 2.39. The first-order valence-electron chi connectivity index (χ1n) is 4.34. The van der Waals surface area contributed by atoms with E-state index in [2.05, 4.69) is 15.8 Å². The van der Waals surface area contributed by atoms with Crippen LogP contribution in [0.15, 0.2) is 18.2 Å². The maximum Gasteiger partial charge on any atom is 0.420 e. The first kappa shape index (κ1) is 11.0. The molecule has 0 bridgehead atoms. The minimum Gasteiger partial charge on any atom is -0.359 e. The molecule has 5 nitrogen and oxygen atoms in total. The van der Waals surface area contributed by atoms with Gasteiger partial charge in [-0.2, -0.15) is 0 Å². The number of anilines is 1. The number of nitrogens with two attached hydrogens (primary N) is 1. The maximum absolute atomic E-state index is 11.0. The fourth-order valence-corrected chi connectivity index (χ4v) is 1.28. The van der Waals surface area contributed by atoms with Crippen LogP contribution in [-0.4, -0.2) is 12.2 Å². The minimum atomic E-state index is -1.13. The third-order valence-electron chi connectivity index (χ3n) is 1.66. The number of benzene rings is 1. The summed E-state index contributed by atoms with van der Waals surface area (Å²) in [5.74, 6) is 0. The van der Waals surface area contributed by atoms with Crippen molar-refractivity contribution in [3.8, 4) is 0 Å². The average Bonchev–Trinajstić information content (AvgIpc) is 1.98. The molecule has 0 spiro atoms. The summed E-state index contributed by atoms with van der Waals surface area (Å²) in [6.07, 6.45) is -2.01. The van der Waals surface area contributed by atoms with E-state index in [4.69, 9.17) is 0 Å². The van der Waals surface area contributed by atoms with Gasteiger partial charge in [-0.3, -0.25) is 5.32 Å². The summed E-state index contributed by atoms with van der Waals surface area (Å²) in [7, 11) is 0. The Bertz CT molecular complexity index is 381. The predicted molar refractivity (Wildman–Crippen MR) is 55.6 cm³/mol. The first-order chi connectivity index (χ1) is 6.97. The van der Waals surface area contributed by atoms with Gasteiger partial charge >= 0.3 is 12.2 Å². The molecule has 0 saturated heterocycles. The quantitative estimate of drug-likeness (QED) is 0.692. The standard InChI is InChI=1S/C10H12N2O3/c1-6-3-7(2)5-8(4-6)12-10(14)15-9(11)13/h3-5H,1-2H3,(H2,11,13)(H,12,14). The highest BCUT2D eigenvalue weighted by Crippen LogP contribution is 2.13. The zero-order valence-corrected chi connectivity index (χ0v) is 8.53. The molecule has 0 saturated carbocycles. The summed E-state index contributed by atoms with van der Waals surface area (Å²) in [6.45, 7) is 3.80. The third kappa shape index (κ3) is 3.68. The number of carbonyl (C=O) groups is 2. The lowest BCUT2D eigenvalue weighted by molar-refractivity contribution is 0.167. The monoisotopic (exact) mass is 208 g/mol. The normalized spacial score (nSPS) is 9.47. The molecule has 0 aliphatic rings. The van der Waals surface area contributed by atoms with Crippen molar-refractivity contribution in [2.24, 2.45) is 5.73 Å². The van der Waals surface area contributed by atoms with E-state index in [0.29, 0.717) is 5.69 Å². The Balaban J connectivity index is 2.72. The van der Waals surface area contributed by atoms with Crippen molar-refractivity contribution >= 4 is 17.9 Å². The van der Waals surface area contributed by atoms with Crippen LogP contribution in [0.3, 0.4) is 0 Å². The average molecular weight is 208 g/mol. The maximum atomic E-state index is 11.0. The van der Waals surface area contributed by atoms with Gasteiger partial charge in [-0.05, 0) is 37.1 Å². The van der Waals surface area contributed by atoms with Crippen molar-refractivity contribution in [3.63, 3.8) is 0 Å². The molecule has 0 aliphatic heterocycles. The molecule has 0 aromatic heterocycles. The summed E-state index contributed by atoms with van der Waals surface area (Å²) in [5.41, 5.74) is 7.26. The van der Waals surface area contributed by atoms with Crippen LogP contribution in [0.2, 0.25) is 0 Å². The molecule has 0 fully saturated rings. The Labute approximate surface area is 87.2 Å². The van der Waals surface area contributed by atoms with Crippen LogP contribution in [0.25, 0.3) is 0 Å². The summed E-state index contributed by atoms with van der Waals surface area (Å²) in [4.78, 5) is 21.3. The van der Waals surface area contributed by atoms with Crippen molar-refractivity contribution in [2.45, 2.75) is 13.8 Å². The number of hydrogen-bond donors (Lipinski definition) is 2. The smallest absolute Gasteiger partial charge is 0.359 e. The van der Waals surface area contributed by atoms with E-state index in [1.54, 1.807) is 12.1 Å². The highest BCUT2D eigenvalue weighted by atomic mass is 16.6. The molecule has 1 rings (SSSR count). The topological polar surface area (TPSA) is 81.4 Å². The Morgan fingerprint density at radius 3 is 2.20 bits per heavy atom. The van der Waals surface area contributed by atoms with Gasteiger partial charge in [0.1, 0.15) is 0 Å². The first-order valence-corrected chi connectivity index (χ1v) is 4.34. The highest BCUT2D eigenvalue weighted by Gasteiger charge is 2.06. The number of primary amides is 1. The minimum absolute atomic E-state index is 0.568. The van der Waals surface area contributed by atoms with Crippen molar-refractivity contribution in [1.29, 1.82) is 0 Å². The number of aryl methyl sites for hydroxylation is 2. The fourth-order valence-electron chi connectivity index (χ4n) is 1.28. The summed E-state index contributed by atoms with van der Waals surface area (Å²) < 4.78 is 4.12. The molecule has 15 heavy (non-hydrogen) atoms. The van der Waals surface area contributed by atoms with Crippen molar-refractivity contribution in [3.05, 3.63) is 29.3 Å². The third-order valence-corrected chi connectivity index (χ3v) is 1.66. The molecular weight excluding hydrogens is 196 g/mol. The van der Waals surface area contributed by atoms with Gasteiger partial charge in [-0.1, -0.05) is 6.07 Å². The predicted octanol–water partition coefficient (Wildman–Crippen LogP) is 1.93. The van der Waals surface area contributed by atoms with Gasteiger partial charge in [-0.25, -0.2) is 9.59 Å². The molecule has 0 atom stereocenters. The molecule has 0 aliphatic carbocycles. The number of nitrogens with one attached hydrogen (secondary N) is 1. The zero-order chi connectivity index (χ0) is 11.4. The van der Waals surface area contributed by atoms with E-state index >= 15 is 0 Å². The van der Waals surface area contributed by atoms with Crippen molar-refractivity contribution in [1.82, 2.24) is 0 Å². The van der Waals surface area contributed by atoms with Crippen LogP contribution in [0.5, 0.6) is 0 Å². The Kier molecular flexibility index (Phi) is 3.28. The van der Waals surface area contributed by atoms with Gasteiger partial charge in [-0.15, -0.1) is 0 Å². The van der Waals surface area contributed by atoms with Crippen LogP contribution in [0.1, 0.15) is 11.1 Å². The molecule has 2 amide bonds. The van der Waals surface area contributed by atoms with Crippen LogP contribution in [-0.2, 0) is 4.74 Å². The number of carbonyl (C=O) groups excluding carboxylic acids is 2. The largest absolute Gasteiger partial charge is 0.420 e. The second-order valence-corrected chi connectivity index (χ2v) is 3.21.